The van der Waals surface area contributed by atoms with Crippen molar-refractivity contribution in [3.63, 3.8) is 0 Å². The van der Waals surface area contributed by atoms with E-state index in [4.69, 9.17) is 4.74 Å². The van der Waals surface area contributed by atoms with Crippen molar-refractivity contribution >= 4 is 38.9 Å². The summed E-state index contributed by atoms with van der Waals surface area (Å²) in [6.45, 7) is 2.07. The van der Waals surface area contributed by atoms with Crippen LogP contribution in [0.4, 0.5) is 5.69 Å². The fraction of sp³-hybridized carbons (Fsp3) is 0.182. The summed E-state index contributed by atoms with van der Waals surface area (Å²) in [5, 5.41) is 4.47. The zero-order valence-corrected chi connectivity index (χ0v) is 18.7. The van der Waals surface area contributed by atoms with Gasteiger partial charge in [0.05, 0.1) is 24.8 Å². The van der Waals surface area contributed by atoms with Gasteiger partial charge in [-0.25, -0.2) is 13.2 Å². The van der Waals surface area contributed by atoms with Gasteiger partial charge in [-0.1, -0.05) is 30.3 Å². The van der Waals surface area contributed by atoms with Crippen LogP contribution >= 0.6 is 11.3 Å². The number of nitrogens with one attached hydrogen (secondary N) is 2. The van der Waals surface area contributed by atoms with Gasteiger partial charge in [-0.05, 0) is 53.3 Å². The minimum absolute atomic E-state index is 0.128. The van der Waals surface area contributed by atoms with Crippen molar-refractivity contribution in [2.24, 2.45) is 0 Å². The van der Waals surface area contributed by atoms with E-state index < -0.39 is 16.0 Å². The minimum atomic E-state index is -3.78. The number of carbonyl (C=O) groups excluding carboxylic acids is 2. The summed E-state index contributed by atoms with van der Waals surface area (Å²) in [7, 11) is -2.54. The van der Waals surface area contributed by atoms with E-state index >= 15 is 0 Å². The molecule has 2 aromatic carbocycles. The second-order valence-corrected chi connectivity index (χ2v) is 9.68. The molecule has 0 bridgehead atoms. The number of hydrogen-bond donors (Lipinski definition) is 2. The third-order valence-corrected chi connectivity index (χ3v) is 7.31. The number of hydrogen-bond acceptors (Lipinski definition) is 6. The van der Waals surface area contributed by atoms with E-state index in [1.165, 1.54) is 19.2 Å². The molecule has 0 spiro atoms. The topological polar surface area (TPSA) is 102 Å². The molecule has 9 heteroatoms. The van der Waals surface area contributed by atoms with Crippen LogP contribution in [0.1, 0.15) is 27.0 Å². The first-order chi connectivity index (χ1) is 14.8. The molecule has 162 valence electrons. The lowest BCUT2D eigenvalue weighted by molar-refractivity contribution is -0.120. The molecule has 0 fully saturated rings. The second-order valence-electron chi connectivity index (χ2n) is 6.83. The fourth-order valence-electron chi connectivity index (χ4n) is 2.96. The summed E-state index contributed by atoms with van der Waals surface area (Å²) in [5.41, 5.74) is 2.89. The van der Waals surface area contributed by atoms with Crippen LogP contribution in [0.15, 0.2) is 64.2 Å². The van der Waals surface area contributed by atoms with Crippen LogP contribution in [0.3, 0.4) is 0 Å². The van der Waals surface area contributed by atoms with E-state index in [0.29, 0.717) is 5.56 Å². The van der Waals surface area contributed by atoms with Gasteiger partial charge in [0, 0.05) is 6.54 Å². The maximum atomic E-state index is 12.5. The first-order valence-electron chi connectivity index (χ1n) is 9.38. The highest BCUT2D eigenvalue weighted by Crippen LogP contribution is 2.23. The molecular weight excluding hydrogens is 436 g/mol. The maximum absolute atomic E-state index is 12.5. The van der Waals surface area contributed by atoms with Crippen molar-refractivity contribution in [3.8, 4) is 0 Å². The van der Waals surface area contributed by atoms with Crippen molar-refractivity contribution in [1.82, 2.24) is 5.32 Å². The molecular formula is C22H22N2O5S2. The van der Waals surface area contributed by atoms with Crippen LogP contribution in [0.2, 0.25) is 0 Å². The van der Waals surface area contributed by atoms with E-state index in [1.54, 1.807) is 23.6 Å². The molecule has 1 aromatic heterocycles. The molecule has 2 N–H and O–H groups in total. The Morgan fingerprint density at radius 1 is 1.06 bits per heavy atom. The van der Waals surface area contributed by atoms with Crippen molar-refractivity contribution < 1.29 is 22.7 Å². The standard InChI is InChI=1S/C22H22N2O5S2/c1-15-6-3-4-7-17(15)13-20(25)23-14-16-10-18(22(26)29-2)12-19(11-16)24-31(27,28)21-8-5-9-30-21/h3-12,24H,13-14H2,1-2H3,(H,23,25). The summed E-state index contributed by atoms with van der Waals surface area (Å²) in [4.78, 5) is 24.4. The summed E-state index contributed by atoms with van der Waals surface area (Å²) in [6, 6.07) is 15.3. The molecule has 0 aliphatic rings. The maximum Gasteiger partial charge on any atom is 0.337 e. The molecule has 1 amide bonds. The predicted molar refractivity (Wildman–Crippen MR) is 120 cm³/mol. The van der Waals surface area contributed by atoms with Crippen molar-refractivity contribution in [2.75, 3.05) is 11.8 Å². The van der Waals surface area contributed by atoms with Gasteiger partial charge in [-0.2, -0.15) is 0 Å². The second kappa shape index (κ2) is 9.76. The lowest BCUT2D eigenvalue weighted by Gasteiger charge is -2.12. The summed E-state index contributed by atoms with van der Waals surface area (Å²) in [5.74, 6) is -0.789. The van der Waals surface area contributed by atoms with Gasteiger partial charge in [-0.3, -0.25) is 9.52 Å². The molecule has 1 heterocycles. The Morgan fingerprint density at radius 2 is 1.84 bits per heavy atom. The summed E-state index contributed by atoms with van der Waals surface area (Å²) < 4.78 is 32.5. The van der Waals surface area contributed by atoms with E-state index in [-0.39, 0.29) is 34.3 Å². The zero-order valence-electron chi connectivity index (χ0n) is 17.0. The normalized spacial score (nSPS) is 11.0. The lowest BCUT2D eigenvalue weighted by Crippen LogP contribution is -2.25. The quantitative estimate of drug-likeness (QED) is 0.503. The molecule has 0 saturated carbocycles. The number of benzene rings is 2. The third-order valence-electron chi connectivity index (χ3n) is 4.53. The summed E-state index contributed by atoms with van der Waals surface area (Å²) >= 11 is 1.09. The van der Waals surface area contributed by atoms with Crippen LogP contribution in [-0.4, -0.2) is 27.4 Å². The molecule has 3 aromatic rings. The van der Waals surface area contributed by atoms with Gasteiger partial charge in [0.25, 0.3) is 10.0 Å². The first-order valence-corrected chi connectivity index (χ1v) is 11.7. The number of ether oxygens (including phenoxy) is 1. The molecule has 0 radical (unpaired) electrons. The van der Waals surface area contributed by atoms with Crippen molar-refractivity contribution in [1.29, 1.82) is 0 Å². The zero-order chi connectivity index (χ0) is 22.4. The Labute approximate surface area is 185 Å². The Bertz CT molecular complexity index is 1190. The number of aryl methyl sites for hydroxylation is 1. The van der Waals surface area contributed by atoms with Gasteiger partial charge in [0.2, 0.25) is 5.91 Å². The Kier molecular flexibility index (Phi) is 7.09. The first kappa shape index (κ1) is 22.5. The highest BCUT2D eigenvalue weighted by atomic mass is 32.2. The average Bonchev–Trinajstić information content (AvgIpc) is 3.29. The van der Waals surface area contributed by atoms with Crippen LogP contribution in [0, 0.1) is 6.92 Å². The molecule has 0 aliphatic heterocycles. The molecule has 0 saturated heterocycles. The van der Waals surface area contributed by atoms with E-state index in [9.17, 15) is 18.0 Å². The van der Waals surface area contributed by atoms with Crippen molar-refractivity contribution in [2.45, 2.75) is 24.1 Å². The van der Waals surface area contributed by atoms with E-state index in [2.05, 4.69) is 10.0 Å². The number of thiophene rings is 1. The van der Waals surface area contributed by atoms with Gasteiger partial charge in [-0.15, -0.1) is 11.3 Å². The average molecular weight is 459 g/mol. The number of carbonyl (C=O) groups is 2. The van der Waals surface area contributed by atoms with E-state index in [1.807, 2.05) is 31.2 Å². The highest BCUT2D eigenvalue weighted by molar-refractivity contribution is 7.94. The predicted octanol–water partition coefficient (Wildman–Crippen LogP) is 3.50. The Balaban J connectivity index is 1.78. The molecule has 0 aliphatic carbocycles. The molecule has 7 nitrogen and oxygen atoms in total. The van der Waals surface area contributed by atoms with Crippen LogP contribution < -0.4 is 10.0 Å². The molecule has 3 rings (SSSR count). The molecule has 31 heavy (non-hydrogen) atoms. The Hall–Kier alpha value is -3.17. The minimum Gasteiger partial charge on any atom is -0.465 e. The number of amides is 1. The third kappa shape index (κ3) is 5.93. The number of sulfonamides is 1. The molecule has 0 atom stereocenters. The Morgan fingerprint density at radius 3 is 2.52 bits per heavy atom. The number of methoxy groups -OCH3 is 1. The van der Waals surface area contributed by atoms with Gasteiger partial charge in [0.15, 0.2) is 0 Å². The lowest BCUT2D eigenvalue weighted by atomic mass is 10.1. The van der Waals surface area contributed by atoms with Gasteiger partial charge >= 0.3 is 5.97 Å². The summed E-state index contributed by atoms with van der Waals surface area (Å²) in [6.07, 6.45) is 0.223. The number of esters is 1. The largest absolute Gasteiger partial charge is 0.465 e. The smallest absolute Gasteiger partial charge is 0.337 e. The number of rotatable bonds is 8. The van der Waals surface area contributed by atoms with Crippen LogP contribution in [0.25, 0.3) is 0 Å². The van der Waals surface area contributed by atoms with Crippen LogP contribution in [-0.2, 0) is 32.5 Å². The van der Waals surface area contributed by atoms with Crippen molar-refractivity contribution in [3.05, 3.63) is 82.2 Å². The SMILES string of the molecule is COC(=O)c1cc(CNC(=O)Cc2ccccc2C)cc(NS(=O)(=O)c2cccs2)c1. The van der Waals surface area contributed by atoms with Crippen LogP contribution in [0.5, 0.6) is 0 Å². The highest BCUT2D eigenvalue weighted by Gasteiger charge is 2.17. The van der Waals surface area contributed by atoms with Gasteiger partial charge < -0.3 is 10.1 Å². The van der Waals surface area contributed by atoms with Gasteiger partial charge in [0.1, 0.15) is 4.21 Å². The fourth-order valence-corrected chi connectivity index (χ4v) is 4.99. The monoisotopic (exact) mass is 458 g/mol. The molecule has 0 unspecified atom stereocenters. The van der Waals surface area contributed by atoms with E-state index in [0.717, 1.165) is 22.5 Å². The number of anilines is 1.